The number of hydrogen-bond donors (Lipinski definition) is 2. The maximum atomic E-state index is 13.0. The maximum Gasteiger partial charge on any atom is 0.407 e. The minimum atomic E-state index is -1.02. The van der Waals surface area contributed by atoms with Crippen LogP contribution in [0.15, 0.2) is 85.1 Å². The van der Waals surface area contributed by atoms with E-state index in [1.807, 2.05) is 80.6 Å². The first-order valence-electron chi connectivity index (χ1n) is 12.2. The average Bonchev–Trinajstić information content (AvgIpc) is 3.33. The van der Waals surface area contributed by atoms with Crippen molar-refractivity contribution in [3.8, 4) is 11.1 Å². The van der Waals surface area contributed by atoms with Crippen molar-refractivity contribution >= 4 is 28.7 Å². The summed E-state index contributed by atoms with van der Waals surface area (Å²) in [5, 5.41) is 3.54. The number of carbonyl (C=O) groups excluding carboxylic acids is 3. The number of aromatic nitrogens is 1. The van der Waals surface area contributed by atoms with Gasteiger partial charge in [-0.05, 0) is 28.7 Å². The first kappa shape index (κ1) is 25.7. The van der Waals surface area contributed by atoms with Gasteiger partial charge in [-0.3, -0.25) is 4.79 Å². The lowest BCUT2D eigenvalue weighted by Gasteiger charge is -2.18. The summed E-state index contributed by atoms with van der Waals surface area (Å²) in [4.78, 5) is 41.2. The number of rotatable bonds is 10. The lowest BCUT2D eigenvalue weighted by Crippen LogP contribution is -2.44. The molecule has 1 aromatic heterocycles. The van der Waals surface area contributed by atoms with Gasteiger partial charge >= 0.3 is 12.1 Å². The van der Waals surface area contributed by atoms with Gasteiger partial charge in [-0.25, -0.2) is 9.59 Å². The Morgan fingerprint density at radius 2 is 1.51 bits per heavy atom. The smallest absolute Gasteiger partial charge is 0.407 e. The molecule has 1 amide bonds. The van der Waals surface area contributed by atoms with Crippen molar-refractivity contribution in [2.24, 2.45) is 5.92 Å². The fourth-order valence-electron chi connectivity index (χ4n) is 3.94. The molecule has 4 rings (SSSR count). The molecular formula is C30H30N2O5. The minimum Gasteiger partial charge on any atom is -0.456 e. The molecular weight excluding hydrogens is 468 g/mol. The van der Waals surface area contributed by atoms with Gasteiger partial charge in [-0.1, -0.05) is 86.6 Å². The Bertz CT molecular complexity index is 1360. The summed E-state index contributed by atoms with van der Waals surface area (Å²) in [7, 11) is 0. The van der Waals surface area contributed by atoms with E-state index >= 15 is 0 Å². The summed E-state index contributed by atoms with van der Waals surface area (Å²) in [6.07, 6.45) is 1.27. The number of hydrogen-bond acceptors (Lipinski definition) is 5. The Labute approximate surface area is 215 Å². The molecule has 0 aliphatic rings. The lowest BCUT2D eigenvalue weighted by molar-refractivity contribution is -0.144. The van der Waals surface area contributed by atoms with E-state index in [9.17, 15) is 14.4 Å². The number of carbonyl (C=O) groups is 3. The normalized spacial score (nSPS) is 11.8. The van der Waals surface area contributed by atoms with Gasteiger partial charge in [0.15, 0.2) is 12.4 Å². The Balaban J connectivity index is 1.42. The highest BCUT2D eigenvalue weighted by Gasteiger charge is 2.26. The summed E-state index contributed by atoms with van der Waals surface area (Å²) in [5.41, 5.74) is 4.22. The topological polar surface area (TPSA) is 97.5 Å². The summed E-state index contributed by atoms with van der Waals surface area (Å²) < 4.78 is 10.6. The lowest BCUT2D eigenvalue weighted by atomic mass is 10.0. The van der Waals surface area contributed by atoms with Gasteiger partial charge in [0.1, 0.15) is 6.04 Å². The second-order valence-electron chi connectivity index (χ2n) is 9.23. The van der Waals surface area contributed by atoms with Crippen LogP contribution in [0, 0.1) is 5.92 Å². The van der Waals surface area contributed by atoms with Crippen molar-refractivity contribution in [1.29, 1.82) is 0 Å². The van der Waals surface area contributed by atoms with Crippen molar-refractivity contribution in [2.75, 3.05) is 13.2 Å². The third kappa shape index (κ3) is 6.85. The number of ether oxygens (including phenoxy) is 2. The first-order valence-corrected chi connectivity index (χ1v) is 12.2. The molecule has 37 heavy (non-hydrogen) atoms. The van der Waals surface area contributed by atoms with Crippen LogP contribution in [-0.4, -0.2) is 42.1 Å². The molecule has 4 aromatic rings. The van der Waals surface area contributed by atoms with Gasteiger partial charge in [-0.15, -0.1) is 0 Å². The van der Waals surface area contributed by atoms with Crippen molar-refractivity contribution < 1.29 is 23.9 Å². The van der Waals surface area contributed by atoms with Crippen LogP contribution in [0.25, 0.3) is 22.0 Å². The zero-order chi connectivity index (χ0) is 26.2. The molecule has 0 radical (unpaired) electrons. The Kier molecular flexibility index (Phi) is 8.36. The van der Waals surface area contributed by atoms with Crippen molar-refractivity contribution in [2.45, 2.75) is 26.3 Å². The predicted octanol–water partition coefficient (Wildman–Crippen LogP) is 5.55. The van der Waals surface area contributed by atoms with E-state index in [4.69, 9.17) is 9.47 Å². The molecule has 0 spiro atoms. The van der Waals surface area contributed by atoms with Crippen LogP contribution < -0.4 is 5.32 Å². The van der Waals surface area contributed by atoms with Gasteiger partial charge in [0.2, 0.25) is 0 Å². The number of amides is 1. The van der Waals surface area contributed by atoms with Crippen LogP contribution in [0.2, 0.25) is 0 Å². The van der Waals surface area contributed by atoms with Crippen LogP contribution in [0.4, 0.5) is 4.79 Å². The third-order valence-electron chi connectivity index (χ3n) is 5.88. The summed E-state index contributed by atoms with van der Waals surface area (Å²) in [6, 6.07) is 23.6. The van der Waals surface area contributed by atoms with Crippen LogP contribution in [0.5, 0.6) is 0 Å². The van der Waals surface area contributed by atoms with Gasteiger partial charge < -0.3 is 19.8 Å². The molecule has 0 aliphatic heterocycles. The van der Waals surface area contributed by atoms with Gasteiger partial charge in [-0.2, -0.15) is 0 Å². The largest absolute Gasteiger partial charge is 0.456 e. The van der Waals surface area contributed by atoms with Gasteiger partial charge in [0.25, 0.3) is 0 Å². The monoisotopic (exact) mass is 498 g/mol. The van der Waals surface area contributed by atoms with Crippen LogP contribution in [-0.2, 0) is 20.7 Å². The molecule has 3 aromatic carbocycles. The SMILES string of the molecule is CC(C)COC(=O)N[C@H](Cc1c[nH]c2ccccc12)C(=O)OCC(=O)c1ccc(-c2ccccc2)cc1. The molecule has 7 heteroatoms. The van der Waals surface area contributed by atoms with Crippen molar-refractivity contribution in [3.63, 3.8) is 0 Å². The molecule has 1 atom stereocenters. The third-order valence-corrected chi connectivity index (χ3v) is 5.88. The molecule has 0 bridgehead atoms. The molecule has 0 saturated heterocycles. The average molecular weight is 499 g/mol. The van der Waals surface area contributed by atoms with Crippen LogP contribution >= 0.6 is 0 Å². The number of Topliss-reactive ketones (excluding diaryl/α,β-unsaturated/α-hetero) is 1. The number of ketones is 1. The number of fused-ring (bicyclic) bond motifs is 1. The molecule has 0 unspecified atom stereocenters. The van der Waals surface area contributed by atoms with E-state index in [1.165, 1.54) is 0 Å². The minimum absolute atomic E-state index is 0.149. The highest BCUT2D eigenvalue weighted by Crippen LogP contribution is 2.21. The zero-order valence-electron chi connectivity index (χ0n) is 20.9. The highest BCUT2D eigenvalue weighted by atomic mass is 16.6. The van der Waals surface area contributed by atoms with E-state index < -0.39 is 24.7 Å². The predicted molar refractivity (Wildman–Crippen MR) is 142 cm³/mol. The zero-order valence-corrected chi connectivity index (χ0v) is 20.9. The molecule has 7 nitrogen and oxygen atoms in total. The van der Waals surface area contributed by atoms with Gasteiger partial charge in [0.05, 0.1) is 6.61 Å². The molecule has 0 saturated carbocycles. The second-order valence-corrected chi connectivity index (χ2v) is 9.23. The van der Waals surface area contributed by atoms with E-state index in [2.05, 4.69) is 10.3 Å². The van der Waals surface area contributed by atoms with E-state index in [1.54, 1.807) is 18.3 Å². The number of alkyl carbamates (subject to hydrolysis) is 1. The van der Waals surface area contributed by atoms with E-state index in [0.29, 0.717) is 5.56 Å². The van der Waals surface area contributed by atoms with Crippen molar-refractivity contribution in [3.05, 3.63) is 96.2 Å². The second kappa shape index (κ2) is 12.0. The van der Waals surface area contributed by atoms with Crippen LogP contribution in [0.1, 0.15) is 29.8 Å². The fourth-order valence-corrected chi connectivity index (χ4v) is 3.94. The highest BCUT2D eigenvalue weighted by molar-refractivity contribution is 5.98. The van der Waals surface area contributed by atoms with Gasteiger partial charge in [0, 0.05) is 29.1 Å². The fraction of sp³-hybridized carbons (Fsp3) is 0.233. The Morgan fingerprint density at radius 3 is 2.24 bits per heavy atom. The number of benzene rings is 3. The number of H-pyrrole nitrogens is 1. The standard InChI is InChI=1S/C30H30N2O5/c1-20(2)18-37-30(35)32-27(16-24-17-31-26-11-7-6-10-25(24)26)29(34)36-19-28(33)23-14-12-22(13-15-23)21-8-4-3-5-9-21/h3-15,17,20,27,31H,16,18-19H2,1-2H3,(H,32,35)/t27-/m1/s1. The summed E-state index contributed by atoms with van der Waals surface area (Å²) >= 11 is 0. The first-order chi connectivity index (χ1) is 17.9. The maximum absolute atomic E-state index is 13.0. The number of esters is 1. The molecule has 0 aliphatic carbocycles. The summed E-state index contributed by atoms with van der Waals surface area (Å²) in [6.45, 7) is 3.63. The number of para-hydroxylation sites is 1. The quantitative estimate of drug-likeness (QED) is 0.221. The van der Waals surface area contributed by atoms with E-state index in [-0.39, 0.29) is 24.7 Å². The number of aromatic amines is 1. The van der Waals surface area contributed by atoms with Crippen molar-refractivity contribution in [1.82, 2.24) is 10.3 Å². The molecule has 190 valence electrons. The Hall–Kier alpha value is -4.39. The molecule has 1 heterocycles. The van der Waals surface area contributed by atoms with Crippen LogP contribution in [0.3, 0.4) is 0 Å². The summed E-state index contributed by atoms with van der Waals surface area (Å²) in [5.74, 6) is -0.891. The number of nitrogens with one attached hydrogen (secondary N) is 2. The molecule has 2 N–H and O–H groups in total. The Morgan fingerprint density at radius 1 is 0.838 bits per heavy atom. The van der Waals surface area contributed by atoms with E-state index in [0.717, 1.165) is 27.6 Å². The molecule has 0 fully saturated rings.